The highest BCUT2D eigenvalue weighted by Crippen LogP contribution is 2.34. The van der Waals surface area contributed by atoms with Crippen LogP contribution in [0.15, 0.2) is 60.7 Å². The molecule has 0 aliphatic heterocycles. The van der Waals surface area contributed by atoms with E-state index in [0.717, 1.165) is 0 Å². The smallest absolute Gasteiger partial charge is 0.511 e. The van der Waals surface area contributed by atoms with Gasteiger partial charge in [-0.2, -0.15) is 13.2 Å². The molecule has 2 atom stereocenters. The second kappa shape index (κ2) is 6.69. The maximum Gasteiger partial charge on any atom is 0.511 e. The Hall–Kier alpha value is -1.90. The van der Waals surface area contributed by atoms with E-state index in [-0.39, 0.29) is 5.56 Å². The van der Waals surface area contributed by atoms with E-state index in [9.17, 15) is 21.6 Å². The van der Waals surface area contributed by atoms with Crippen LogP contribution >= 0.6 is 0 Å². The van der Waals surface area contributed by atoms with Crippen molar-refractivity contribution in [2.75, 3.05) is 0 Å². The zero-order chi connectivity index (χ0) is 17.1. The monoisotopic (exact) mass is 343 g/mol. The zero-order valence-electron chi connectivity index (χ0n) is 11.8. The molecule has 0 aromatic heterocycles. The summed E-state index contributed by atoms with van der Waals surface area (Å²) in [4.78, 5) is 0. The predicted molar refractivity (Wildman–Crippen MR) is 80.8 cm³/mol. The molecule has 0 aliphatic carbocycles. The van der Waals surface area contributed by atoms with Crippen LogP contribution in [-0.2, 0) is 10.0 Å². The van der Waals surface area contributed by atoms with E-state index in [1.54, 1.807) is 53.3 Å². The maximum absolute atomic E-state index is 12.7. The molecule has 0 unspecified atom stereocenters. The van der Waals surface area contributed by atoms with Gasteiger partial charge in [-0.05, 0) is 5.56 Å². The largest absolute Gasteiger partial charge is 0.669 e. The molecule has 0 heterocycles. The van der Waals surface area contributed by atoms with Crippen LogP contribution in [0.1, 0.15) is 23.2 Å². The summed E-state index contributed by atoms with van der Waals surface area (Å²) in [6, 6.07) is 13.3. The van der Waals surface area contributed by atoms with Crippen molar-refractivity contribution in [1.82, 2.24) is 4.72 Å². The Labute approximate surface area is 132 Å². The highest BCUT2D eigenvalue weighted by molar-refractivity contribution is 7.90. The molecule has 2 rings (SSSR count). The second-order valence-electron chi connectivity index (χ2n) is 4.84. The number of hydrogen-bond acceptors (Lipinski definition) is 2. The van der Waals surface area contributed by atoms with Crippen LogP contribution in [0.25, 0.3) is 5.73 Å². The van der Waals surface area contributed by atoms with Crippen LogP contribution in [0, 0.1) is 0 Å². The predicted octanol–water partition coefficient (Wildman–Crippen LogP) is 3.96. The number of alkyl halides is 3. The summed E-state index contributed by atoms with van der Waals surface area (Å²) >= 11 is 0. The third-order valence-electron chi connectivity index (χ3n) is 3.24. The first-order chi connectivity index (χ1) is 10.7. The molecule has 124 valence electrons. The number of halogens is 3. The van der Waals surface area contributed by atoms with Crippen LogP contribution in [0.5, 0.6) is 0 Å². The first kappa shape index (κ1) is 17.5. The van der Waals surface area contributed by atoms with Crippen molar-refractivity contribution in [2.45, 2.75) is 17.6 Å². The minimum Gasteiger partial charge on any atom is -0.669 e. The van der Waals surface area contributed by atoms with Crippen LogP contribution in [-0.4, -0.2) is 13.9 Å². The summed E-state index contributed by atoms with van der Waals surface area (Å²) in [7, 11) is -5.57. The SMILES string of the molecule is [NH-][C@@H](c1ccccc1)[C@@H](NS(=O)(=O)C(F)(F)F)c1ccccc1. The average Bonchev–Trinajstić information content (AvgIpc) is 2.52. The van der Waals surface area contributed by atoms with Gasteiger partial charge < -0.3 is 5.73 Å². The van der Waals surface area contributed by atoms with E-state index in [2.05, 4.69) is 0 Å². The molecule has 2 aromatic rings. The molecule has 0 radical (unpaired) electrons. The third-order valence-corrected chi connectivity index (χ3v) is 4.41. The third kappa shape index (κ3) is 4.10. The molecule has 23 heavy (non-hydrogen) atoms. The van der Waals surface area contributed by atoms with Gasteiger partial charge in [-0.15, -0.1) is 0 Å². The van der Waals surface area contributed by atoms with Gasteiger partial charge in [-0.3, -0.25) is 0 Å². The Morgan fingerprint density at radius 2 is 1.30 bits per heavy atom. The first-order valence-electron chi connectivity index (χ1n) is 6.62. The van der Waals surface area contributed by atoms with E-state index in [0.29, 0.717) is 5.56 Å². The minimum atomic E-state index is -5.57. The van der Waals surface area contributed by atoms with E-state index in [1.165, 1.54) is 12.1 Å². The Kier molecular flexibility index (Phi) is 5.08. The Morgan fingerprint density at radius 3 is 1.74 bits per heavy atom. The lowest BCUT2D eigenvalue weighted by atomic mass is 9.95. The molecule has 0 bridgehead atoms. The number of nitrogens with one attached hydrogen (secondary N) is 2. The zero-order valence-corrected chi connectivity index (χ0v) is 12.6. The second-order valence-corrected chi connectivity index (χ2v) is 6.55. The summed E-state index contributed by atoms with van der Waals surface area (Å²) in [5.74, 6) is 0. The minimum absolute atomic E-state index is 0.282. The van der Waals surface area contributed by atoms with Gasteiger partial charge in [0.15, 0.2) is 0 Å². The van der Waals surface area contributed by atoms with Crippen LogP contribution < -0.4 is 4.72 Å². The van der Waals surface area contributed by atoms with E-state index < -0.39 is 27.6 Å². The maximum atomic E-state index is 12.7. The Morgan fingerprint density at radius 1 is 0.870 bits per heavy atom. The lowest BCUT2D eigenvalue weighted by molar-refractivity contribution is -0.0451. The molecule has 0 saturated carbocycles. The lowest BCUT2D eigenvalue weighted by Crippen LogP contribution is -2.40. The van der Waals surface area contributed by atoms with Gasteiger partial charge in [0.2, 0.25) is 0 Å². The van der Waals surface area contributed by atoms with Gasteiger partial charge in [-0.1, -0.05) is 72.3 Å². The summed E-state index contributed by atoms with van der Waals surface area (Å²) in [6.45, 7) is 0. The van der Waals surface area contributed by atoms with E-state index in [1.807, 2.05) is 0 Å². The van der Waals surface area contributed by atoms with Crippen molar-refractivity contribution in [2.24, 2.45) is 0 Å². The highest BCUT2D eigenvalue weighted by atomic mass is 32.2. The van der Waals surface area contributed by atoms with E-state index >= 15 is 0 Å². The fraction of sp³-hybridized carbons (Fsp3) is 0.200. The first-order valence-corrected chi connectivity index (χ1v) is 8.10. The fourth-order valence-corrected chi connectivity index (χ4v) is 2.82. The van der Waals surface area contributed by atoms with Crippen molar-refractivity contribution in [3.8, 4) is 0 Å². The highest BCUT2D eigenvalue weighted by Gasteiger charge is 2.47. The van der Waals surface area contributed by atoms with Crippen molar-refractivity contribution >= 4 is 10.0 Å². The fourth-order valence-electron chi connectivity index (χ4n) is 2.08. The number of sulfonamides is 1. The van der Waals surface area contributed by atoms with Gasteiger partial charge >= 0.3 is 15.5 Å². The van der Waals surface area contributed by atoms with Crippen LogP contribution in [0.2, 0.25) is 0 Å². The number of hydrogen-bond donors (Lipinski definition) is 1. The van der Waals surface area contributed by atoms with Crippen LogP contribution in [0.3, 0.4) is 0 Å². The molecular weight excluding hydrogens is 329 g/mol. The normalized spacial score (nSPS) is 15.1. The molecule has 4 nitrogen and oxygen atoms in total. The van der Waals surface area contributed by atoms with Crippen molar-refractivity contribution in [3.05, 3.63) is 77.5 Å². The standard InChI is InChI=1S/C15H14F3N2O2S/c16-15(17,18)23(21,22)20-14(12-9-5-2-6-10-12)13(19)11-7-3-1-4-8-11/h1-10,13-14,19-20H/q-1/t13-,14-/m0/s1. The molecule has 0 aliphatic rings. The summed E-state index contributed by atoms with van der Waals surface area (Å²) in [5, 5.41) is 0. The summed E-state index contributed by atoms with van der Waals surface area (Å²) in [6.07, 6.45) is 0. The quantitative estimate of drug-likeness (QED) is 0.893. The lowest BCUT2D eigenvalue weighted by Gasteiger charge is -2.32. The average molecular weight is 343 g/mol. The topological polar surface area (TPSA) is 70.0 Å². The summed E-state index contributed by atoms with van der Waals surface area (Å²) in [5.41, 5.74) is 3.45. The van der Waals surface area contributed by atoms with E-state index in [4.69, 9.17) is 5.73 Å². The van der Waals surface area contributed by atoms with Gasteiger partial charge in [0.25, 0.3) is 0 Å². The molecule has 0 fully saturated rings. The van der Waals surface area contributed by atoms with Gasteiger partial charge in [0.1, 0.15) is 0 Å². The Balaban J connectivity index is 2.42. The van der Waals surface area contributed by atoms with Gasteiger partial charge in [0, 0.05) is 6.04 Å². The number of rotatable bonds is 5. The Bertz CT molecular complexity index is 734. The molecule has 2 aromatic carbocycles. The molecular formula is C15H14F3N2O2S-. The molecule has 0 amide bonds. The molecule has 2 N–H and O–H groups in total. The molecule has 8 heteroatoms. The van der Waals surface area contributed by atoms with Crippen molar-refractivity contribution < 1.29 is 21.6 Å². The molecule has 0 spiro atoms. The van der Waals surface area contributed by atoms with Crippen molar-refractivity contribution in [1.29, 1.82) is 0 Å². The summed E-state index contributed by atoms with van der Waals surface area (Å²) < 4.78 is 62.5. The number of benzene rings is 2. The van der Waals surface area contributed by atoms with Gasteiger partial charge in [0.05, 0.1) is 0 Å². The van der Waals surface area contributed by atoms with Crippen LogP contribution in [0.4, 0.5) is 13.2 Å². The van der Waals surface area contributed by atoms with Crippen molar-refractivity contribution in [3.63, 3.8) is 0 Å². The molecule has 0 saturated heterocycles. The van der Waals surface area contributed by atoms with Gasteiger partial charge in [-0.25, -0.2) is 13.1 Å².